The van der Waals surface area contributed by atoms with Crippen molar-refractivity contribution >= 4 is 22.6 Å². The summed E-state index contributed by atoms with van der Waals surface area (Å²) in [6.45, 7) is 0. The SMILES string of the molecule is COc1ccc(CCC(=O)Nc2ccc3nc[nH]c3c2)cc1OC. The zero-order valence-corrected chi connectivity index (χ0v) is 13.6. The van der Waals surface area contributed by atoms with Gasteiger partial charge in [0.1, 0.15) is 0 Å². The van der Waals surface area contributed by atoms with E-state index in [1.165, 1.54) is 0 Å². The molecule has 0 aliphatic carbocycles. The molecule has 0 atom stereocenters. The van der Waals surface area contributed by atoms with Crippen molar-refractivity contribution < 1.29 is 14.3 Å². The van der Waals surface area contributed by atoms with E-state index in [9.17, 15) is 4.79 Å². The number of benzene rings is 2. The standard InChI is InChI=1S/C18H19N3O3/c1-23-16-7-3-12(9-17(16)24-2)4-8-18(22)21-13-5-6-14-15(10-13)20-11-19-14/h3,5-7,9-11H,4,8H2,1-2H3,(H,19,20)(H,21,22). The van der Waals surface area contributed by atoms with Crippen molar-refractivity contribution in [1.29, 1.82) is 0 Å². The van der Waals surface area contributed by atoms with E-state index in [1.54, 1.807) is 20.5 Å². The lowest BCUT2D eigenvalue weighted by molar-refractivity contribution is -0.116. The minimum Gasteiger partial charge on any atom is -0.493 e. The highest BCUT2D eigenvalue weighted by Gasteiger charge is 2.08. The van der Waals surface area contributed by atoms with E-state index in [0.717, 1.165) is 22.3 Å². The molecule has 0 fully saturated rings. The van der Waals surface area contributed by atoms with Crippen molar-refractivity contribution in [1.82, 2.24) is 9.97 Å². The first-order valence-electron chi connectivity index (χ1n) is 7.63. The second kappa shape index (κ2) is 7.04. The Kier molecular flexibility index (Phi) is 4.65. The highest BCUT2D eigenvalue weighted by atomic mass is 16.5. The number of anilines is 1. The molecule has 1 aromatic heterocycles. The fourth-order valence-electron chi connectivity index (χ4n) is 2.53. The number of hydrogen-bond donors (Lipinski definition) is 2. The number of amides is 1. The van der Waals surface area contributed by atoms with Crippen LogP contribution < -0.4 is 14.8 Å². The van der Waals surface area contributed by atoms with Crippen molar-refractivity contribution in [3.8, 4) is 11.5 Å². The molecule has 3 rings (SSSR count). The molecule has 0 saturated heterocycles. The Balaban J connectivity index is 1.60. The summed E-state index contributed by atoms with van der Waals surface area (Å²) in [5.41, 5.74) is 3.54. The minimum atomic E-state index is -0.0383. The van der Waals surface area contributed by atoms with Crippen LogP contribution in [0, 0.1) is 0 Å². The number of nitrogens with one attached hydrogen (secondary N) is 2. The van der Waals surface area contributed by atoms with Gasteiger partial charge in [0.25, 0.3) is 0 Å². The summed E-state index contributed by atoms with van der Waals surface area (Å²) in [5, 5.41) is 2.90. The highest BCUT2D eigenvalue weighted by Crippen LogP contribution is 2.28. The first-order valence-corrected chi connectivity index (χ1v) is 7.63. The Morgan fingerprint density at radius 3 is 2.75 bits per heavy atom. The first kappa shape index (κ1) is 15.9. The largest absolute Gasteiger partial charge is 0.493 e. The van der Waals surface area contributed by atoms with Gasteiger partial charge < -0.3 is 19.8 Å². The minimum absolute atomic E-state index is 0.0383. The van der Waals surface area contributed by atoms with Crippen LogP contribution >= 0.6 is 0 Å². The summed E-state index contributed by atoms with van der Waals surface area (Å²) < 4.78 is 10.5. The molecule has 6 nitrogen and oxygen atoms in total. The molecule has 2 N–H and O–H groups in total. The Morgan fingerprint density at radius 1 is 1.12 bits per heavy atom. The molecule has 3 aromatic rings. The Hall–Kier alpha value is -3.02. The number of carbonyl (C=O) groups is 1. The van der Waals surface area contributed by atoms with Crippen LogP contribution in [0.1, 0.15) is 12.0 Å². The van der Waals surface area contributed by atoms with Gasteiger partial charge in [0, 0.05) is 12.1 Å². The van der Waals surface area contributed by atoms with Crippen molar-refractivity contribution in [3.63, 3.8) is 0 Å². The monoisotopic (exact) mass is 325 g/mol. The number of carbonyl (C=O) groups excluding carboxylic acids is 1. The summed E-state index contributed by atoms with van der Waals surface area (Å²) in [7, 11) is 3.20. The quantitative estimate of drug-likeness (QED) is 0.730. The molecular formula is C18H19N3O3. The van der Waals surface area contributed by atoms with E-state index in [2.05, 4.69) is 15.3 Å². The van der Waals surface area contributed by atoms with Gasteiger partial charge in [0.15, 0.2) is 11.5 Å². The average molecular weight is 325 g/mol. The number of hydrogen-bond acceptors (Lipinski definition) is 4. The molecule has 0 spiro atoms. The number of ether oxygens (including phenoxy) is 2. The molecule has 0 unspecified atom stereocenters. The fourth-order valence-corrected chi connectivity index (χ4v) is 2.53. The number of imidazole rings is 1. The van der Waals surface area contributed by atoms with Gasteiger partial charge >= 0.3 is 0 Å². The second-order valence-electron chi connectivity index (χ2n) is 5.37. The normalized spacial score (nSPS) is 10.6. The topological polar surface area (TPSA) is 76.2 Å². The van der Waals surface area contributed by atoms with E-state index in [4.69, 9.17) is 9.47 Å². The lowest BCUT2D eigenvalue weighted by Gasteiger charge is -2.10. The molecule has 0 bridgehead atoms. The molecule has 0 radical (unpaired) electrons. The van der Waals surface area contributed by atoms with Crippen molar-refractivity contribution in [2.45, 2.75) is 12.8 Å². The predicted molar refractivity (Wildman–Crippen MR) is 92.6 cm³/mol. The Bertz CT molecular complexity index is 858. The predicted octanol–water partition coefficient (Wildman–Crippen LogP) is 3.15. The maximum Gasteiger partial charge on any atom is 0.224 e. The zero-order valence-electron chi connectivity index (χ0n) is 13.6. The molecule has 0 aliphatic rings. The van der Waals surface area contributed by atoms with Gasteiger partial charge in [-0.15, -0.1) is 0 Å². The van der Waals surface area contributed by atoms with Crippen molar-refractivity contribution in [2.24, 2.45) is 0 Å². The van der Waals surface area contributed by atoms with Gasteiger partial charge in [0.05, 0.1) is 31.6 Å². The number of methoxy groups -OCH3 is 2. The summed E-state index contributed by atoms with van der Waals surface area (Å²) in [4.78, 5) is 19.3. The number of fused-ring (bicyclic) bond motifs is 1. The molecule has 124 valence electrons. The molecular weight excluding hydrogens is 306 g/mol. The van der Waals surface area contributed by atoms with Crippen LogP contribution in [0.2, 0.25) is 0 Å². The van der Waals surface area contributed by atoms with E-state index in [1.807, 2.05) is 36.4 Å². The van der Waals surface area contributed by atoms with E-state index in [-0.39, 0.29) is 5.91 Å². The van der Waals surface area contributed by atoms with Crippen LogP contribution in [0.5, 0.6) is 11.5 Å². The molecule has 1 heterocycles. The van der Waals surface area contributed by atoms with Crippen LogP contribution in [-0.4, -0.2) is 30.1 Å². The number of aromatic nitrogens is 2. The van der Waals surface area contributed by atoms with E-state index < -0.39 is 0 Å². The van der Waals surface area contributed by atoms with Gasteiger partial charge in [-0.1, -0.05) is 6.07 Å². The smallest absolute Gasteiger partial charge is 0.224 e. The van der Waals surface area contributed by atoms with Gasteiger partial charge in [-0.05, 0) is 42.3 Å². The number of nitrogens with zero attached hydrogens (tertiary/aromatic N) is 1. The van der Waals surface area contributed by atoms with Crippen LogP contribution in [0.4, 0.5) is 5.69 Å². The maximum absolute atomic E-state index is 12.1. The first-order chi connectivity index (χ1) is 11.7. The fraction of sp³-hybridized carbons (Fsp3) is 0.222. The molecule has 0 saturated carbocycles. The lowest BCUT2D eigenvalue weighted by Crippen LogP contribution is -2.12. The second-order valence-corrected chi connectivity index (χ2v) is 5.37. The van der Waals surface area contributed by atoms with Crippen molar-refractivity contribution in [2.75, 3.05) is 19.5 Å². The van der Waals surface area contributed by atoms with Gasteiger partial charge in [0.2, 0.25) is 5.91 Å². The third-order valence-electron chi connectivity index (χ3n) is 3.79. The zero-order chi connectivity index (χ0) is 16.9. The molecule has 1 amide bonds. The van der Waals surface area contributed by atoms with Gasteiger partial charge in [-0.25, -0.2) is 4.98 Å². The van der Waals surface area contributed by atoms with Gasteiger partial charge in [-0.2, -0.15) is 0 Å². The van der Waals surface area contributed by atoms with Gasteiger partial charge in [-0.3, -0.25) is 4.79 Å². The number of aromatic amines is 1. The maximum atomic E-state index is 12.1. The summed E-state index contributed by atoms with van der Waals surface area (Å²) in [6, 6.07) is 11.3. The summed E-state index contributed by atoms with van der Waals surface area (Å²) in [5.74, 6) is 1.31. The third kappa shape index (κ3) is 3.48. The molecule has 2 aromatic carbocycles. The lowest BCUT2D eigenvalue weighted by atomic mass is 10.1. The van der Waals surface area contributed by atoms with E-state index in [0.29, 0.717) is 24.3 Å². The Labute approximate surface area is 139 Å². The van der Waals surface area contributed by atoms with Crippen LogP contribution in [0.25, 0.3) is 11.0 Å². The molecule has 24 heavy (non-hydrogen) atoms. The Morgan fingerprint density at radius 2 is 1.96 bits per heavy atom. The highest BCUT2D eigenvalue weighted by molar-refractivity contribution is 5.93. The van der Waals surface area contributed by atoms with Crippen LogP contribution in [0.3, 0.4) is 0 Å². The van der Waals surface area contributed by atoms with Crippen LogP contribution in [-0.2, 0) is 11.2 Å². The number of aryl methyl sites for hydroxylation is 1. The van der Waals surface area contributed by atoms with Crippen molar-refractivity contribution in [3.05, 3.63) is 48.3 Å². The molecule has 6 heteroatoms. The number of rotatable bonds is 6. The molecule has 0 aliphatic heterocycles. The summed E-state index contributed by atoms with van der Waals surface area (Å²) >= 11 is 0. The third-order valence-corrected chi connectivity index (χ3v) is 3.79. The average Bonchev–Trinajstić information content (AvgIpc) is 3.07. The summed E-state index contributed by atoms with van der Waals surface area (Å²) in [6.07, 6.45) is 2.64. The van der Waals surface area contributed by atoms with Crippen LogP contribution in [0.15, 0.2) is 42.7 Å². The van der Waals surface area contributed by atoms with E-state index >= 15 is 0 Å². The number of H-pyrrole nitrogens is 1.